The molecule has 0 spiro atoms. The lowest BCUT2D eigenvalue weighted by molar-refractivity contribution is 0.0937. The van der Waals surface area contributed by atoms with Crippen LogP contribution < -0.4 is 5.32 Å². The Morgan fingerprint density at radius 2 is 2.22 bits per heavy atom. The van der Waals surface area contributed by atoms with E-state index in [4.69, 9.17) is 4.42 Å². The van der Waals surface area contributed by atoms with E-state index in [1.165, 1.54) is 0 Å². The van der Waals surface area contributed by atoms with Crippen LogP contribution in [0.2, 0.25) is 0 Å². The van der Waals surface area contributed by atoms with Crippen molar-refractivity contribution in [1.82, 2.24) is 29.9 Å². The number of furan rings is 1. The summed E-state index contributed by atoms with van der Waals surface area (Å²) in [5, 5.41) is 12.4. The van der Waals surface area contributed by atoms with Gasteiger partial charge in [-0.2, -0.15) is 10.2 Å². The standard InChI is InChI=1S/C19H20N6O2/c1-12(11-25-8-5-7-20-25)21-19(26)14-10-15(16-6-4-9-27-16)22-18-17(14)13(2)23-24(18)3/h4-10,12H,11H2,1-3H3,(H,21,26)/t12-/m1/s1. The number of aryl methyl sites for hydroxylation is 2. The molecule has 0 bridgehead atoms. The van der Waals surface area contributed by atoms with E-state index in [1.807, 2.05) is 39.2 Å². The van der Waals surface area contributed by atoms with Gasteiger partial charge in [0.15, 0.2) is 11.4 Å². The molecule has 4 heterocycles. The van der Waals surface area contributed by atoms with Gasteiger partial charge >= 0.3 is 0 Å². The number of hydrogen-bond donors (Lipinski definition) is 1. The van der Waals surface area contributed by atoms with Crippen LogP contribution in [0, 0.1) is 6.92 Å². The molecule has 0 saturated carbocycles. The van der Waals surface area contributed by atoms with Crippen LogP contribution in [-0.4, -0.2) is 36.5 Å². The molecule has 8 heteroatoms. The Hall–Kier alpha value is -3.42. The van der Waals surface area contributed by atoms with Gasteiger partial charge in [-0.25, -0.2) is 4.98 Å². The molecule has 8 nitrogen and oxygen atoms in total. The molecule has 0 aliphatic rings. The van der Waals surface area contributed by atoms with Crippen molar-refractivity contribution < 1.29 is 9.21 Å². The third kappa shape index (κ3) is 3.21. The zero-order chi connectivity index (χ0) is 19.0. The highest BCUT2D eigenvalue weighted by atomic mass is 16.3. The smallest absolute Gasteiger partial charge is 0.252 e. The number of rotatable bonds is 5. The van der Waals surface area contributed by atoms with Crippen LogP contribution in [0.15, 0.2) is 47.3 Å². The van der Waals surface area contributed by atoms with E-state index in [0.717, 1.165) is 11.1 Å². The molecule has 0 radical (unpaired) electrons. The molecule has 1 atom stereocenters. The maximum atomic E-state index is 13.0. The highest BCUT2D eigenvalue weighted by Gasteiger charge is 2.21. The van der Waals surface area contributed by atoms with Crippen molar-refractivity contribution in [3.63, 3.8) is 0 Å². The molecule has 4 aromatic heterocycles. The predicted molar refractivity (Wildman–Crippen MR) is 100 cm³/mol. The summed E-state index contributed by atoms with van der Waals surface area (Å²) >= 11 is 0. The number of aromatic nitrogens is 5. The van der Waals surface area contributed by atoms with Gasteiger partial charge in [-0.3, -0.25) is 14.2 Å². The maximum Gasteiger partial charge on any atom is 0.252 e. The molecule has 4 rings (SSSR count). The Bertz CT molecular complexity index is 1080. The van der Waals surface area contributed by atoms with Crippen LogP contribution in [0.3, 0.4) is 0 Å². The summed E-state index contributed by atoms with van der Waals surface area (Å²) in [5.74, 6) is 0.431. The molecule has 0 aromatic carbocycles. The quantitative estimate of drug-likeness (QED) is 0.588. The largest absolute Gasteiger partial charge is 0.463 e. The third-order valence-corrected chi connectivity index (χ3v) is 4.38. The minimum Gasteiger partial charge on any atom is -0.463 e. The number of pyridine rings is 1. The summed E-state index contributed by atoms with van der Waals surface area (Å²) in [4.78, 5) is 17.7. The van der Waals surface area contributed by atoms with E-state index in [1.54, 1.807) is 34.0 Å². The summed E-state index contributed by atoms with van der Waals surface area (Å²) < 4.78 is 8.94. The summed E-state index contributed by atoms with van der Waals surface area (Å²) in [6.45, 7) is 4.41. The summed E-state index contributed by atoms with van der Waals surface area (Å²) in [6.07, 6.45) is 5.17. The zero-order valence-electron chi connectivity index (χ0n) is 15.4. The summed E-state index contributed by atoms with van der Waals surface area (Å²) in [5.41, 5.74) is 2.53. The van der Waals surface area contributed by atoms with Gasteiger partial charge in [0.1, 0.15) is 5.69 Å². The number of carbonyl (C=O) groups is 1. The number of carbonyl (C=O) groups excluding carboxylic acids is 1. The number of fused-ring (bicyclic) bond motifs is 1. The zero-order valence-corrected chi connectivity index (χ0v) is 15.4. The van der Waals surface area contributed by atoms with Crippen molar-refractivity contribution in [1.29, 1.82) is 0 Å². The predicted octanol–water partition coefficient (Wildman–Crippen LogP) is 2.55. The Kier molecular flexibility index (Phi) is 4.23. The van der Waals surface area contributed by atoms with Crippen LogP contribution in [0.5, 0.6) is 0 Å². The SMILES string of the molecule is Cc1nn(C)c2nc(-c3ccco3)cc(C(=O)N[C@H](C)Cn3cccn3)c12. The van der Waals surface area contributed by atoms with E-state index < -0.39 is 0 Å². The van der Waals surface area contributed by atoms with Gasteiger partial charge in [-0.05, 0) is 38.1 Å². The first kappa shape index (κ1) is 17.0. The highest BCUT2D eigenvalue weighted by molar-refractivity contribution is 6.07. The minimum absolute atomic E-state index is 0.0929. The number of nitrogens with zero attached hydrogens (tertiary/aromatic N) is 5. The normalized spacial score (nSPS) is 12.4. The monoisotopic (exact) mass is 364 g/mol. The molecule has 27 heavy (non-hydrogen) atoms. The first-order valence-corrected chi connectivity index (χ1v) is 8.69. The second kappa shape index (κ2) is 6.71. The average molecular weight is 364 g/mol. The molecule has 138 valence electrons. The first-order chi connectivity index (χ1) is 13.0. The molecular weight excluding hydrogens is 344 g/mol. The van der Waals surface area contributed by atoms with E-state index in [0.29, 0.717) is 29.2 Å². The molecule has 1 amide bonds. The van der Waals surface area contributed by atoms with Gasteiger partial charge in [-0.1, -0.05) is 0 Å². The maximum absolute atomic E-state index is 13.0. The topological polar surface area (TPSA) is 90.8 Å². The molecule has 1 N–H and O–H groups in total. The lowest BCUT2D eigenvalue weighted by Gasteiger charge is -2.15. The molecule has 0 aliphatic carbocycles. The van der Waals surface area contributed by atoms with Crippen molar-refractivity contribution in [3.05, 3.63) is 54.2 Å². The molecule has 0 unspecified atom stereocenters. The lowest BCUT2D eigenvalue weighted by Crippen LogP contribution is -2.36. The van der Waals surface area contributed by atoms with E-state index in [-0.39, 0.29) is 11.9 Å². The van der Waals surface area contributed by atoms with Crippen LogP contribution in [-0.2, 0) is 13.6 Å². The first-order valence-electron chi connectivity index (χ1n) is 8.69. The fourth-order valence-corrected chi connectivity index (χ4v) is 3.21. The third-order valence-electron chi connectivity index (χ3n) is 4.38. The molecule has 0 aliphatic heterocycles. The van der Waals surface area contributed by atoms with Gasteiger partial charge in [0.25, 0.3) is 5.91 Å². The van der Waals surface area contributed by atoms with Gasteiger partial charge in [0.05, 0.1) is 29.5 Å². The van der Waals surface area contributed by atoms with Gasteiger partial charge in [0.2, 0.25) is 0 Å². The number of nitrogens with one attached hydrogen (secondary N) is 1. The second-order valence-electron chi connectivity index (χ2n) is 6.54. The van der Waals surface area contributed by atoms with E-state index in [9.17, 15) is 4.79 Å². The Morgan fingerprint density at radius 1 is 1.37 bits per heavy atom. The van der Waals surface area contributed by atoms with E-state index in [2.05, 4.69) is 20.5 Å². The molecule has 4 aromatic rings. The second-order valence-corrected chi connectivity index (χ2v) is 6.54. The van der Waals surface area contributed by atoms with Gasteiger partial charge in [0, 0.05) is 25.5 Å². The minimum atomic E-state index is -0.175. The summed E-state index contributed by atoms with van der Waals surface area (Å²) in [7, 11) is 1.82. The fourth-order valence-electron chi connectivity index (χ4n) is 3.21. The van der Waals surface area contributed by atoms with Crippen molar-refractivity contribution in [2.75, 3.05) is 0 Å². The Morgan fingerprint density at radius 3 is 2.93 bits per heavy atom. The van der Waals surface area contributed by atoms with Crippen molar-refractivity contribution >= 4 is 16.9 Å². The lowest BCUT2D eigenvalue weighted by atomic mass is 10.1. The average Bonchev–Trinajstić information content (AvgIpc) is 3.37. The highest BCUT2D eigenvalue weighted by Crippen LogP contribution is 2.27. The van der Waals surface area contributed by atoms with Crippen LogP contribution in [0.4, 0.5) is 0 Å². The van der Waals surface area contributed by atoms with Crippen LogP contribution >= 0.6 is 0 Å². The van der Waals surface area contributed by atoms with Crippen molar-refractivity contribution in [2.24, 2.45) is 7.05 Å². The van der Waals surface area contributed by atoms with E-state index >= 15 is 0 Å². The van der Waals surface area contributed by atoms with Crippen LogP contribution in [0.25, 0.3) is 22.5 Å². The number of amides is 1. The molecule has 0 saturated heterocycles. The van der Waals surface area contributed by atoms with Gasteiger partial charge in [-0.15, -0.1) is 0 Å². The molecule has 0 fully saturated rings. The van der Waals surface area contributed by atoms with Crippen molar-refractivity contribution in [2.45, 2.75) is 26.4 Å². The summed E-state index contributed by atoms with van der Waals surface area (Å²) in [6, 6.07) is 7.13. The van der Waals surface area contributed by atoms with Crippen molar-refractivity contribution in [3.8, 4) is 11.5 Å². The Balaban J connectivity index is 1.71. The van der Waals surface area contributed by atoms with Crippen LogP contribution in [0.1, 0.15) is 23.0 Å². The fraction of sp³-hybridized carbons (Fsp3) is 0.263. The Labute approximate surface area is 155 Å². The molecular formula is C19H20N6O2. The van der Waals surface area contributed by atoms with Gasteiger partial charge < -0.3 is 9.73 Å². The number of hydrogen-bond acceptors (Lipinski definition) is 5.